The van der Waals surface area contributed by atoms with Crippen molar-refractivity contribution in [3.8, 4) is 0 Å². The minimum absolute atomic E-state index is 0.0552. The number of ketones is 1. The molecule has 31 heavy (non-hydrogen) atoms. The van der Waals surface area contributed by atoms with Crippen molar-refractivity contribution in [2.24, 2.45) is 0 Å². The number of rotatable bonds is 4. The largest absolute Gasteiger partial charge is 0.341 e. The number of benzene rings is 3. The van der Waals surface area contributed by atoms with Crippen molar-refractivity contribution >= 4 is 34.9 Å². The van der Waals surface area contributed by atoms with E-state index in [2.05, 4.69) is 10.6 Å². The van der Waals surface area contributed by atoms with Gasteiger partial charge in [-0.25, -0.2) is 8.78 Å². The van der Waals surface area contributed by atoms with Gasteiger partial charge in [-0.05, 0) is 55.5 Å². The summed E-state index contributed by atoms with van der Waals surface area (Å²) in [4.78, 5) is 36.9. The average molecular weight is 441 g/mol. The zero-order chi connectivity index (χ0) is 22.3. The van der Waals surface area contributed by atoms with Gasteiger partial charge < -0.3 is 10.6 Å². The second-order valence-corrected chi connectivity index (χ2v) is 7.49. The first-order chi connectivity index (χ1) is 14.7. The lowest BCUT2D eigenvalue weighted by atomic mass is 9.96. The molecule has 8 heteroatoms. The van der Waals surface area contributed by atoms with Gasteiger partial charge in [0, 0.05) is 38.5 Å². The van der Waals surface area contributed by atoms with E-state index in [-0.39, 0.29) is 27.6 Å². The van der Waals surface area contributed by atoms with Crippen LogP contribution in [0.3, 0.4) is 0 Å². The third kappa shape index (κ3) is 3.92. The second-order valence-electron chi connectivity index (χ2n) is 7.08. The van der Waals surface area contributed by atoms with E-state index in [0.717, 1.165) is 12.1 Å². The van der Waals surface area contributed by atoms with Crippen molar-refractivity contribution in [1.82, 2.24) is 5.32 Å². The first-order valence-electron chi connectivity index (χ1n) is 9.26. The molecule has 3 aromatic carbocycles. The van der Waals surface area contributed by atoms with Gasteiger partial charge in [-0.2, -0.15) is 0 Å². The molecule has 1 aliphatic heterocycles. The van der Waals surface area contributed by atoms with Crippen LogP contribution in [0.2, 0.25) is 5.02 Å². The number of carbonyl (C=O) groups excluding carboxylic acids is 3. The lowest BCUT2D eigenvalue weighted by Crippen LogP contribution is -2.21. The maximum atomic E-state index is 13.9. The number of hydrogen-bond acceptors (Lipinski definition) is 3. The van der Waals surface area contributed by atoms with Crippen LogP contribution in [-0.4, -0.2) is 17.6 Å². The zero-order valence-corrected chi connectivity index (χ0v) is 16.9. The Bertz CT molecular complexity index is 1260. The molecular weight excluding hydrogens is 426 g/mol. The van der Waals surface area contributed by atoms with E-state index >= 15 is 0 Å². The van der Waals surface area contributed by atoms with Crippen LogP contribution in [-0.2, 0) is 0 Å². The van der Waals surface area contributed by atoms with Crippen molar-refractivity contribution in [3.63, 3.8) is 0 Å². The summed E-state index contributed by atoms with van der Waals surface area (Å²) in [5, 5.41) is 5.65. The topological polar surface area (TPSA) is 75.3 Å². The summed E-state index contributed by atoms with van der Waals surface area (Å²) in [6.07, 6.45) is 0. The van der Waals surface area contributed by atoms with E-state index in [1.165, 1.54) is 31.2 Å². The molecule has 0 aliphatic carbocycles. The van der Waals surface area contributed by atoms with Crippen LogP contribution >= 0.6 is 11.6 Å². The van der Waals surface area contributed by atoms with Gasteiger partial charge in [0.25, 0.3) is 11.8 Å². The standard InChI is InChI=1S/C23H15ClF2N2O3/c1-11(29)12-7-13(9-15(26)8-12)22(30)27-19-4-2-3-16-20(19)21(28-23(16)31)17-10-14(25)5-6-18(17)24/h2-10,21H,1H3,(H,27,30)(H,28,31). The van der Waals surface area contributed by atoms with Gasteiger partial charge in [0.2, 0.25) is 0 Å². The van der Waals surface area contributed by atoms with Crippen LogP contribution in [0.25, 0.3) is 0 Å². The molecule has 0 fully saturated rings. The van der Waals surface area contributed by atoms with Gasteiger partial charge in [0.05, 0.1) is 6.04 Å². The fourth-order valence-electron chi connectivity index (χ4n) is 3.55. The number of anilines is 1. The van der Waals surface area contributed by atoms with Crippen molar-refractivity contribution in [2.45, 2.75) is 13.0 Å². The highest BCUT2D eigenvalue weighted by atomic mass is 35.5. The van der Waals surface area contributed by atoms with Crippen LogP contribution < -0.4 is 10.6 Å². The summed E-state index contributed by atoms with van der Waals surface area (Å²) in [5.74, 6) is -2.71. The highest BCUT2D eigenvalue weighted by Gasteiger charge is 2.34. The summed E-state index contributed by atoms with van der Waals surface area (Å²) in [7, 11) is 0. The number of amides is 2. The normalized spacial score (nSPS) is 14.7. The number of hydrogen-bond donors (Lipinski definition) is 2. The maximum Gasteiger partial charge on any atom is 0.255 e. The summed E-state index contributed by atoms with van der Waals surface area (Å²) >= 11 is 6.23. The predicted octanol–water partition coefficient (Wildman–Crippen LogP) is 4.91. The minimum Gasteiger partial charge on any atom is -0.341 e. The molecule has 1 aliphatic rings. The van der Waals surface area contributed by atoms with Gasteiger partial charge >= 0.3 is 0 Å². The Morgan fingerprint density at radius 2 is 1.74 bits per heavy atom. The molecule has 1 unspecified atom stereocenters. The number of fused-ring (bicyclic) bond motifs is 1. The monoisotopic (exact) mass is 440 g/mol. The summed E-state index contributed by atoms with van der Waals surface area (Å²) in [6.45, 7) is 1.27. The van der Waals surface area contributed by atoms with Gasteiger partial charge in [-0.15, -0.1) is 0 Å². The number of halogens is 3. The molecule has 2 amide bonds. The molecule has 0 bridgehead atoms. The zero-order valence-electron chi connectivity index (χ0n) is 16.1. The van der Waals surface area contributed by atoms with E-state index in [0.29, 0.717) is 16.7 Å². The Balaban J connectivity index is 1.75. The molecule has 5 nitrogen and oxygen atoms in total. The second kappa shape index (κ2) is 7.92. The fraction of sp³-hybridized carbons (Fsp3) is 0.0870. The van der Waals surface area contributed by atoms with E-state index in [4.69, 9.17) is 11.6 Å². The van der Waals surface area contributed by atoms with Crippen molar-refractivity contribution in [1.29, 1.82) is 0 Å². The lowest BCUT2D eigenvalue weighted by molar-refractivity contribution is 0.0958. The molecule has 1 atom stereocenters. The van der Waals surface area contributed by atoms with Crippen LogP contribution in [0.1, 0.15) is 55.2 Å². The molecule has 0 aromatic heterocycles. The summed E-state index contributed by atoms with van der Waals surface area (Å²) in [5.41, 5.74) is 1.33. The Labute approximate surface area is 181 Å². The smallest absolute Gasteiger partial charge is 0.255 e. The maximum absolute atomic E-state index is 13.9. The quantitative estimate of drug-likeness (QED) is 0.566. The number of Topliss-reactive ketones (excluding diaryl/α,β-unsaturated/α-hetero) is 1. The third-order valence-corrected chi connectivity index (χ3v) is 5.34. The van der Waals surface area contributed by atoms with Crippen LogP contribution in [0.5, 0.6) is 0 Å². The Morgan fingerprint density at radius 3 is 2.48 bits per heavy atom. The van der Waals surface area contributed by atoms with Crippen LogP contribution in [0, 0.1) is 11.6 Å². The molecule has 1 heterocycles. The molecule has 2 N–H and O–H groups in total. The Morgan fingerprint density at radius 1 is 1.00 bits per heavy atom. The SMILES string of the molecule is CC(=O)c1cc(F)cc(C(=O)Nc2cccc3c2C(c2cc(F)ccc2Cl)NC3=O)c1. The van der Waals surface area contributed by atoms with Crippen molar-refractivity contribution < 1.29 is 23.2 Å². The molecule has 0 spiro atoms. The van der Waals surface area contributed by atoms with Gasteiger partial charge in [0.15, 0.2) is 5.78 Å². The molecule has 0 saturated carbocycles. The summed E-state index contributed by atoms with van der Waals surface area (Å²) < 4.78 is 27.7. The van der Waals surface area contributed by atoms with E-state index in [1.54, 1.807) is 18.2 Å². The Kier molecular flexibility index (Phi) is 5.29. The lowest BCUT2D eigenvalue weighted by Gasteiger charge is -2.18. The van der Waals surface area contributed by atoms with Gasteiger partial charge in [-0.3, -0.25) is 14.4 Å². The highest BCUT2D eigenvalue weighted by molar-refractivity contribution is 6.31. The number of carbonyl (C=O) groups is 3. The first-order valence-corrected chi connectivity index (χ1v) is 9.64. The van der Waals surface area contributed by atoms with Crippen molar-refractivity contribution in [3.05, 3.63) is 99.1 Å². The first kappa shape index (κ1) is 20.7. The third-order valence-electron chi connectivity index (χ3n) is 5.00. The molecule has 0 radical (unpaired) electrons. The Hall–Kier alpha value is -3.58. The van der Waals surface area contributed by atoms with Crippen LogP contribution in [0.4, 0.5) is 14.5 Å². The average Bonchev–Trinajstić information content (AvgIpc) is 3.07. The van der Waals surface area contributed by atoms with Crippen molar-refractivity contribution in [2.75, 3.05) is 5.32 Å². The number of nitrogens with one attached hydrogen (secondary N) is 2. The molecule has 4 rings (SSSR count). The van der Waals surface area contributed by atoms with Gasteiger partial charge in [-0.1, -0.05) is 17.7 Å². The van der Waals surface area contributed by atoms with E-state index in [1.807, 2.05) is 0 Å². The van der Waals surface area contributed by atoms with E-state index in [9.17, 15) is 23.2 Å². The summed E-state index contributed by atoms with van der Waals surface area (Å²) in [6, 6.07) is 11.1. The minimum atomic E-state index is -0.789. The molecule has 0 saturated heterocycles. The van der Waals surface area contributed by atoms with Crippen LogP contribution in [0.15, 0.2) is 54.6 Å². The van der Waals surface area contributed by atoms with E-state index < -0.39 is 29.5 Å². The molecule has 3 aromatic rings. The fourth-order valence-corrected chi connectivity index (χ4v) is 3.78. The predicted molar refractivity (Wildman–Crippen MR) is 112 cm³/mol. The van der Waals surface area contributed by atoms with Gasteiger partial charge in [0.1, 0.15) is 11.6 Å². The molecular formula is C23H15ClF2N2O3. The highest BCUT2D eigenvalue weighted by Crippen LogP contribution is 2.39. The molecule has 156 valence electrons.